The molecule has 2 aromatic carbocycles. The first-order valence-corrected chi connectivity index (χ1v) is 15.3. The van der Waals surface area contributed by atoms with E-state index >= 15 is 0 Å². The lowest BCUT2D eigenvalue weighted by molar-refractivity contribution is -0.124. The molecule has 2 aliphatic carbocycles. The Kier molecular flexibility index (Phi) is 8.65. The molecule has 2 heterocycles. The Bertz CT molecular complexity index is 1670. The number of hydrogen-bond acceptors (Lipinski definition) is 3. The van der Waals surface area contributed by atoms with E-state index < -0.39 is 0 Å². The number of hydrogen-bond donors (Lipinski definition) is 1. The van der Waals surface area contributed by atoms with E-state index in [0.29, 0.717) is 12.5 Å². The molecule has 6 rings (SSSR count). The number of aryl methyl sites for hydroxylation is 1. The monoisotopic (exact) mass is 566 g/mol. The van der Waals surface area contributed by atoms with Crippen molar-refractivity contribution in [1.29, 1.82) is 0 Å². The first-order valence-electron chi connectivity index (χ1n) is 15.3. The summed E-state index contributed by atoms with van der Waals surface area (Å²) in [5.41, 5.74) is 7.34. The van der Waals surface area contributed by atoms with Gasteiger partial charge in [-0.2, -0.15) is 0 Å². The molecule has 0 saturated heterocycles. The Morgan fingerprint density at radius 3 is 2.51 bits per heavy atom. The van der Waals surface area contributed by atoms with Gasteiger partial charge in [-0.05, 0) is 77.8 Å². The average Bonchev–Trinajstić information content (AvgIpc) is 3.74. The molecule has 1 unspecified atom stereocenters. The fourth-order valence-corrected chi connectivity index (χ4v) is 6.56. The molecule has 43 heavy (non-hydrogen) atoms. The second-order valence-corrected chi connectivity index (χ2v) is 11.9. The first-order chi connectivity index (χ1) is 21.1. The van der Waals surface area contributed by atoms with Gasteiger partial charge in [-0.3, -0.25) is 4.79 Å². The molecule has 0 bridgehead atoms. The van der Waals surface area contributed by atoms with Crippen molar-refractivity contribution in [2.24, 2.45) is 18.9 Å². The molecule has 5 nitrogen and oxygen atoms in total. The quantitative estimate of drug-likeness (QED) is 0.217. The highest BCUT2D eigenvalue weighted by Crippen LogP contribution is 2.40. The van der Waals surface area contributed by atoms with Crippen LogP contribution >= 0.6 is 0 Å². The van der Waals surface area contributed by atoms with Crippen LogP contribution in [0.4, 0.5) is 0 Å². The molecule has 1 amide bonds. The molecule has 0 radical (unpaired) electrons. The van der Waals surface area contributed by atoms with E-state index in [2.05, 4.69) is 93.9 Å². The minimum absolute atomic E-state index is 0.107. The summed E-state index contributed by atoms with van der Waals surface area (Å²) in [6.45, 7) is 0.535. The first kappa shape index (κ1) is 28.4. The van der Waals surface area contributed by atoms with Gasteiger partial charge in [0.2, 0.25) is 5.91 Å². The van der Waals surface area contributed by atoms with Gasteiger partial charge in [0.15, 0.2) is 0 Å². The van der Waals surface area contributed by atoms with Gasteiger partial charge in [-0.1, -0.05) is 78.7 Å². The number of amides is 1. The van der Waals surface area contributed by atoms with Crippen LogP contribution in [0.2, 0.25) is 0 Å². The van der Waals surface area contributed by atoms with Gasteiger partial charge < -0.3 is 9.88 Å². The van der Waals surface area contributed by atoms with E-state index in [1.165, 1.54) is 5.56 Å². The Balaban J connectivity index is 1.16. The highest BCUT2D eigenvalue weighted by Gasteiger charge is 2.33. The molecule has 0 spiro atoms. The van der Waals surface area contributed by atoms with Crippen LogP contribution in [0.25, 0.3) is 16.7 Å². The Hall–Kier alpha value is -4.69. The van der Waals surface area contributed by atoms with Crippen molar-refractivity contribution in [3.63, 3.8) is 0 Å². The number of nitrogens with zero attached hydrogens (tertiary/aromatic N) is 3. The van der Waals surface area contributed by atoms with Gasteiger partial charge in [-0.25, -0.2) is 9.97 Å². The summed E-state index contributed by atoms with van der Waals surface area (Å²) >= 11 is 0. The van der Waals surface area contributed by atoms with Crippen LogP contribution in [-0.2, 0) is 24.8 Å². The SMILES string of the molecule is C#Cc1cnc(CC2CCC(C(C(=O)NCc3ccccc3)c3ccc(-c4ccn(C)c4)cc3)CC2)nc1C1=CC=CC1. The van der Waals surface area contributed by atoms with Crippen LogP contribution in [0.15, 0.2) is 97.5 Å². The molecule has 1 saturated carbocycles. The van der Waals surface area contributed by atoms with Gasteiger partial charge >= 0.3 is 0 Å². The summed E-state index contributed by atoms with van der Waals surface area (Å²) in [6, 6.07) is 20.8. The highest BCUT2D eigenvalue weighted by atomic mass is 16.1. The molecule has 1 N–H and O–H groups in total. The van der Waals surface area contributed by atoms with Gasteiger partial charge in [0.05, 0.1) is 17.2 Å². The Morgan fingerprint density at radius 1 is 1.05 bits per heavy atom. The number of nitrogens with one attached hydrogen (secondary N) is 1. The minimum atomic E-state index is -0.186. The van der Waals surface area contributed by atoms with Crippen molar-refractivity contribution in [2.45, 2.75) is 51.0 Å². The largest absolute Gasteiger partial charge is 0.357 e. The number of carbonyl (C=O) groups excluding carboxylic acids is 1. The third-order valence-electron chi connectivity index (χ3n) is 8.93. The predicted molar refractivity (Wildman–Crippen MR) is 173 cm³/mol. The van der Waals surface area contributed by atoms with Crippen LogP contribution in [0, 0.1) is 24.2 Å². The van der Waals surface area contributed by atoms with Gasteiger partial charge in [0, 0.05) is 38.6 Å². The normalized spacial score (nSPS) is 18.6. The van der Waals surface area contributed by atoms with Crippen molar-refractivity contribution < 1.29 is 4.79 Å². The van der Waals surface area contributed by atoms with Crippen molar-refractivity contribution >= 4 is 11.5 Å². The summed E-state index contributed by atoms with van der Waals surface area (Å²) in [5, 5.41) is 3.25. The van der Waals surface area contributed by atoms with Crippen LogP contribution in [0.5, 0.6) is 0 Å². The second-order valence-electron chi connectivity index (χ2n) is 11.9. The molecule has 5 heteroatoms. The number of allylic oxidation sites excluding steroid dienone is 4. The summed E-state index contributed by atoms with van der Waals surface area (Å²) in [7, 11) is 2.03. The van der Waals surface area contributed by atoms with Crippen molar-refractivity contribution in [1.82, 2.24) is 19.9 Å². The standard InChI is InChI=1S/C38H38N4O/c1-3-29-25-39-35(41-37(29)33-11-7-8-12-33)23-27-13-15-31(16-14-27)36(38(43)40-24-28-9-5-4-6-10-28)32-19-17-30(18-20-32)34-21-22-42(2)26-34/h1,4-11,17-22,25-27,31,36H,12-16,23-24H2,2H3,(H,40,43). The zero-order valence-corrected chi connectivity index (χ0v) is 24.7. The second kappa shape index (κ2) is 13.1. The van der Waals surface area contributed by atoms with E-state index in [0.717, 1.165) is 77.9 Å². The molecule has 0 aliphatic heterocycles. The third kappa shape index (κ3) is 6.70. The van der Waals surface area contributed by atoms with Crippen LogP contribution < -0.4 is 5.32 Å². The number of aromatic nitrogens is 3. The number of carbonyl (C=O) groups is 1. The molecule has 1 fully saturated rings. The number of terminal acetylenes is 1. The van der Waals surface area contributed by atoms with E-state index in [1.807, 2.05) is 25.2 Å². The Morgan fingerprint density at radius 2 is 1.84 bits per heavy atom. The molecular weight excluding hydrogens is 528 g/mol. The lowest BCUT2D eigenvalue weighted by atomic mass is 9.72. The molecule has 216 valence electrons. The molecule has 2 aliphatic rings. The van der Waals surface area contributed by atoms with Crippen LogP contribution in [0.3, 0.4) is 0 Å². The summed E-state index contributed by atoms with van der Waals surface area (Å²) in [5.74, 6) is 4.30. The van der Waals surface area contributed by atoms with Crippen LogP contribution in [-0.4, -0.2) is 20.4 Å². The predicted octanol–water partition coefficient (Wildman–Crippen LogP) is 7.26. The van der Waals surface area contributed by atoms with E-state index in [-0.39, 0.29) is 17.7 Å². The van der Waals surface area contributed by atoms with Crippen molar-refractivity contribution in [3.05, 3.63) is 126 Å². The summed E-state index contributed by atoms with van der Waals surface area (Å²) in [4.78, 5) is 23.3. The lowest BCUT2D eigenvalue weighted by Crippen LogP contribution is -2.35. The van der Waals surface area contributed by atoms with E-state index in [9.17, 15) is 4.79 Å². The maximum atomic E-state index is 13.8. The molecular formula is C38H38N4O. The lowest BCUT2D eigenvalue weighted by Gasteiger charge is -2.33. The smallest absolute Gasteiger partial charge is 0.228 e. The number of rotatable bonds is 9. The Labute approximate surface area is 254 Å². The summed E-state index contributed by atoms with van der Waals surface area (Å²) in [6.07, 6.45) is 23.8. The van der Waals surface area contributed by atoms with Crippen molar-refractivity contribution in [3.8, 4) is 23.5 Å². The molecule has 2 aromatic heterocycles. The zero-order chi connectivity index (χ0) is 29.6. The maximum Gasteiger partial charge on any atom is 0.228 e. The van der Waals surface area contributed by atoms with Crippen LogP contribution in [0.1, 0.15) is 66.2 Å². The van der Waals surface area contributed by atoms with Crippen molar-refractivity contribution in [2.75, 3.05) is 0 Å². The fourth-order valence-electron chi connectivity index (χ4n) is 6.56. The fraction of sp³-hybridized carbons (Fsp3) is 0.289. The molecule has 1 atom stereocenters. The minimum Gasteiger partial charge on any atom is -0.357 e. The maximum absolute atomic E-state index is 13.8. The molecule has 4 aromatic rings. The van der Waals surface area contributed by atoms with Gasteiger partial charge in [0.1, 0.15) is 5.82 Å². The van der Waals surface area contributed by atoms with E-state index in [4.69, 9.17) is 11.4 Å². The zero-order valence-electron chi connectivity index (χ0n) is 24.7. The van der Waals surface area contributed by atoms with Gasteiger partial charge in [-0.15, -0.1) is 6.42 Å². The van der Waals surface area contributed by atoms with E-state index in [1.54, 1.807) is 6.20 Å². The highest BCUT2D eigenvalue weighted by molar-refractivity contribution is 5.84. The number of benzene rings is 2. The van der Waals surface area contributed by atoms with Gasteiger partial charge in [0.25, 0.3) is 0 Å². The summed E-state index contributed by atoms with van der Waals surface area (Å²) < 4.78 is 2.06. The topological polar surface area (TPSA) is 59.8 Å². The third-order valence-corrected chi connectivity index (χ3v) is 8.93. The average molecular weight is 567 g/mol.